The summed E-state index contributed by atoms with van der Waals surface area (Å²) >= 11 is 0. The third-order valence-electron chi connectivity index (χ3n) is 9.92. The predicted molar refractivity (Wildman–Crippen MR) is 110 cm³/mol. The van der Waals surface area contributed by atoms with Crippen molar-refractivity contribution in [2.45, 2.75) is 97.9 Å². The number of rotatable bonds is 3. The Morgan fingerprint density at radius 1 is 0.967 bits per heavy atom. The van der Waals surface area contributed by atoms with E-state index in [4.69, 9.17) is 9.47 Å². The number of hydrogen-bond acceptors (Lipinski definition) is 6. The van der Waals surface area contributed by atoms with Gasteiger partial charge in [0, 0.05) is 30.1 Å². The van der Waals surface area contributed by atoms with Gasteiger partial charge in [-0.05, 0) is 55.8 Å². The zero-order valence-corrected chi connectivity index (χ0v) is 19.1. The quantitative estimate of drug-likeness (QED) is 0.679. The van der Waals surface area contributed by atoms with Crippen LogP contribution < -0.4 is 0 Å². The van der Waals surface area contributed by atoms with E-state index in [1.807, 2.05) is 6.92 Å². The molecular weight excluding hydrogens is 384 g/mol. The molecule has 6 nitrogen and oxygen atoms in total. The molecule has 4 aliphatic carbocycles. The Bertz CT molecular complexity index is 737. The van der Waals surface area contributed by atoms with Gasteiger partial charge in [0.2, 0.25) is 0 Å². The maximum atomic E-state index is 12.1. The number of ether oxygens (including phenoxy) is 2. The minimum atomic E-state index is -0.692. The van der Waals surface area contributed by atoms with Crippen LogP contribution >= 0.6 is 0 Å². The Kier molecular flexibility index (Phi) is 5.10. The fourth-order valence-electron chi connectivity index (χ4n) is 8.53. The van der Waals surface area contributed by atoms with Gasteiger partial charge in [-0.1, -0.05) is 27.2 Å². The maximum absolute atomic E-state index is 12.1. The van der Waals surface area contributed by atoms with Crippen molar-refractivity contribution in [2.75, 3.05) is 6.61 Å². The molecule has 0 aromatic carbocycles. The topological polar surface area (TPSA) is 93.1 Å². The van der Waals surface area contributed by atoms with Crippen molar-refractivity contribution in [3.05, 3.63) is 0 Å². The van der Waals surface area contributed by atoms with Crippen LogP contribution in [0.4, 0.5) is 0 Å². The molecule has 30 heavy (non-hydrogen) atoms. The van der Waals surface area contributed by atoms with Gasteiger partial charge in [-0.2, -0.15) is 0 Å². The van der Waals surface area contributed by atoms with Crippen molar-refractivity contribution < 1.29 is 29.3 Å². The highest BCUT2D eigenvalue weighted by molar-refractivity contribution is 5.66. The van der Waals surface area contributed by atoms with Gasteiger partial charge in [0.1, 0.15) is 6.10 Å². The first kappa shape index (κ1) is 22.1. The minimum Gasteiger partial charge on any atom is -0.465 e. The zero-order chi connectivity index (χ0) is 22.1. The summed E-state index contributed by atoms with van der Waals surface area (Å²) in [6.45, 7) is 9.77. The standard InChI is InChI=1S/C24H38O6/c1-14(25)29-13-21(3)8-6-9-22(4)16-7-10-23(5)18(27)12-24(16,20(23)28)19(11-17(21)22)30-15(2)26/h16-20,27-28H,6-13H2,1-5H3/t16-,17+,18-,19-,20?,21+,22-,23+,24+/m0/s1. The minimum absolute atomic E-state index is 0.0594. The van der Waals surface area contributed by atoms with E-state index in [1.54, 1.807) is 0 Å². The van der Waals surface area contributed by atoms with Gasteiger partial charge in [-0.15, -0.1) is 0 Å². The lowest BCUT2D eigenvalue weighted by Gasteiger charge is -2.67. The summed E-state index contributed by atoms with van der Waals surface area (Å²) in [4.78, 5) is 23.7. The SMILES string of the molecule is CC(=O)OC[C@@]1(C)CCC[C@]2(C)[C@@H]1C[C@H](OC(C)=O)[C@@]13C[C@H](O)[C@@](C)(CC[C@@H]21)C3O. The monoisotopic (exact) mass is 422 g/mol. The van der Waals surface area contributed by atoms with E-state index in [-0.39, 0.29) is 34.6 Å². The van der Waals surface area contributed by atoms with Crippen LogP contribution in [0.25, 0.3) is 0 Å². The molecule has 2 N–H and O–H groups in total. The number of carbonyl (C=O) groups is 2. The molecule has 4 fully saturated rings. The van der Waals surface area contributed by atoms with E-state index in [1.165, 1.54) is 13.8 Å². The maximum Gasteiger partial charge on any atom is 0.302 e. The normalized spacial score (nSPS) is 52.2. The highest BCUT2D eigenvalue weighted by atomic mass is 16.5. The predicted octanol–water partition coefficient (Wildman–Crippen LogP) is 3.23. The molecule has 1 spiro atoms. The van der Waals surface area contributed by atoms with E-state index >= 15 is 0 Å². The smallest absolute Gasteiger partial charge is 0.302 e. The van der Waals surface area contributed by atoms with E-state index in [2.05, 4.69) is 13.8 Å². The van der Waals surface area contributed by atoms with Gasteiger partial charge in [-0.25, -0.2) is 0 Å². The van der Waals surface area contributed by atoms with E-state index < -0.39 is 29.1 Å². The number of aliphatic hydroxyl groups is 2. The summed E-state index contributed by atoms with van der Waals surface area (Å²) in [6.07, 6.45) is 4.17. The lowest BCUT2D eigenvalue weighted by Crippen LogP contribution is -2.67. The fourth-order valence-corrected chi connectivity index (χ4v) is 8.53. The lowest BCUT2D eigenvalue weighted by molar-refractivity contribution is -0.252. The number of carbonyl (C=O) groups excluding carboxylic acids is 2. The molecule has 0 saturated heterocycles. The van der Waals surface area contributed by atoms with E-state index in [0.29, 0.717) is 19.4 Å². The summed E-state index contributed by atoms with van der Waals surface area (Å²) in [5.41, 5.74) is -1.41. The largest absolute Gasteiger partial charge is 0.465 e. The number of fused-ring (bicyclic) bond motifs is 3. The van der Waals surface area contributed by atoms with Crippen molar-refractivity contribution in [1.29, 1.82) is 0 Å². The summed E-state index contributed by atoms with van der Waals surface area (Å²) in [5, 5.41) is 22.6. The molecule has 0 radical (unpaired) electrons. The molecule has 4 rings (SSSR count). The third-order valence-corrected chi connectivity index (χ3v) is 9.92. The molecule has 4 saturated carbocycles. The second-order valence-corrected chi connectivity index (χ2v) is 11.5. The molecule has 0 amide bonds. The Hall–Kier alpha value is -1.14. The molecule has 170 valence electrons. The first-order valence-electron chi connectivity index (χ1n) is 11.6. The molecule has 0 aromatic rings. The fraction of sp³-hybridized carbons (Fsp3) is 0.917. The molecule has 0 aliphatic heterocycles. The Morgan fingerprint density at radius 2 is 1.67 bits per heavy atom. The molecule has 6 heteroatoms. The van der Waals surface area contributed by atoms with Crippen LogP contribution in [0.5, 0.6) is 0 Å². The number of aliphatic hydroxyl groups excluding tert-OH is 2. The Labute approximate surface area is 179 Å². The second kappa shape index (κ2) is 6.93. The van der Waals surface area contributed by atoms with Gasteiger partial charge in [0.25, 0.3) is 0 Å². The average molecular weight is 423 g/mol. The molecule has 1 unspecified atom stereocenters. The van der Waals surface area contributed by atoms with Crippen LogP contribution in [0.15, 0.2) is 0 Å². The molecule has 2 bridgehead atoms. The second-order valence-electron chi connectivity index (χ2n) is 11.5. The molecule has 9 atom stereocenters. The van der Waals surface area contributed by atoms with Gasteiger partial charge in [-0.3, -0.25) is 9.59 Å². The highest BCUT2D eigenvalue weighted by Gasteiger charge is 2.75. The van der Waals surface area contributed by atoms with E-state index in [9.17, 15) is 19.8 Å². The first-order chi connectivity index (χ1) is 13.9. The first-order valence-corrected chi connectivity index (χ1v) is 11.6. The van der Waals surface area contributed by atoms with Crippen molar-refractivity contribution in [3.63, 3.8) is 0 Å². The molecular formula is C24H38O6. The van der Waals surface area contributed by atoms with Crippen LogP contribution in [-0.4, -0.2) is 47.1 Å². The number of esters is 2. The van der Waals surface area contributed by atoms with Crippen LogP contribution in [0, 0.1) is 33.5 Å². The van der Waals surface area contributed by atoms with Gasteiger partial charge in [0.05, 0.1) is 18.8 Å². The zero-order valence-electron chi connectivity index (χ0n) is 19.1. The molecule has 4 aliphatic rings. The van der Waals surface area contributed by atoms with Crippen LogP contribution in [0.1, 0.15) is 79.6 Å². The molecule has 0 heterocycles. The van der Waals surface area contributed by atoms with Crippen LogP contribution in [0.3, 0.4) is 0 Å². The summed E-state index contributed by atoms with van der Waals surface area (Å²) in [5.74, 6) is -0.233. The Morgan fingerprint density at radius 3 is 2.30 bits per heavy atom. The van der Waals surface area contributed by atoms with E-state index in [0.717, 1.165) is 32.1 Å². The van der Waals surface area contributed by atoms with Gasteiger partial charge >= 0.3 is 11.9 Å². The van der Waals surface area contributed by atoms with Crippen LogP contribution in [0.2, 0.25) is 0 Å². The summed E-state index contributed by atoms with van der Waals surface area (Å²) in [7, 11) is 0. The average Bonchev–Trinajstić information content (AvgIpc) is 2.75. The van der Waals surface area contributed by atoms with Crippen molar-refractivity contribution >= 4 is 11.9 Å². The third kappa shape index (κ3) is 2.82. The van der Waals surface area contributed by atoms with Crippen molar-refractivity contribution in [2.24, 2.45) is 33.5 Å². The van der Waals surface area contributed by atoms with Crippen molar-refractivity contribution in [1.82, 2.24) is 0 Å². The Balaban J connectivity index is 1.79. The number of hydrogen-bond donors (Lipinski definition) is 2. The highest BCUT2D eigenvalue weighted by Crippen LogP contribution is 2.74. The summed E-state index contributed by atoms with van der Waals surface area (Å²) < 4.78 is 11.4. The lowest BCUT2D eigenvalue weighted by atomic mass is 9.39. The van der Waals surface area contributed by atoms with Gasteiger partial charge < -0.3 is 19.7 Å². The molecule has 0 aromatic heterocycles. The van der Waals surface area contributed by atoms with Gasteiger partial charge in [0.15, 0.2) is 0 Å². The summed E-state index contributed by atoms with van der Waals surface area (Å²) in [6, 6.07) is 0. The van der Waals surface area contributed by atoms with Crippen molar-refractivity contribution in [3.8, 4) is 0 Å². The van der Waals surface area contributed by atoms with Crippen LogP contribution in [-0.2, 0) is 19.1 Å².